The molecule has 0 unspecified atom stereocenters. The van der Waals surface area contributed by atoms with Crippen LogP contribution in [-0.2, 0) is 14.6 Å². The lowest BCUT2D eigenvalue weighted by Crippen LogP contribution is -2.11. The Bertz CT molecular complexity index is 832. The first-order valence-corrected chi connectivity index (χ1v) is 8.91. The van der Waals surface area contributed by atoms with E-state index in [1.54, 1.807) is 6.92 Å². The summed E-state index contributed by atoms with van der Waals surface area (Å²) in [6.45, 7) is 1.62. The van der Waals surface area contributed by atoms with Gasteiger partial charge >= 0.3 is 5.97 Å². The summed E-state index contributed by atoms with van der Waals surface area (Å²) >= 11 is 5.95. The SMILES string of the molecule is C[C@@H](OC(=O)c1cc(S(C)(=O)=O)ccc1Cl)c1ccc(F)cc1. The van der Waals surface area contributed by atoms with Crippen molar-refractivity contribution >= 4 is 27.4 Å². The van der Waals surface area contributed by atoms with Crippen LogP contribution in [0.25, 0.3) is 0 Å². The number of sulfone groups is 1. The van der Waals surface area contributed by atoms with Gasteiger partial charge < -0.3 is 4.74 Å². The number of carbonyl (C=O) groups is 1. The maximum Gasteiger partial charge on any atom is 0.340 e. The second-order valence-corrected chi connectivity index (χ2v) is 7.44. The molecule has 0 aliphatic rings. The van der Waals surface area contributed by atoms with Crippen molar-refractivity contribution in [3.63, 3.8) is 0 Å². The van der Waals surface area contributed by atoms with E-state index in [9.17, 15) is 17.6 Å². The fraction of sp³-hybridized carbons (Fsp3) is 0.188. The van der Waals surface area contributed by atoms with E-state index < -0.39 is 27.7 Å². The Balaban J connectivity index is 2.25. The van der Waals surface area contributed by atoms with Crippen molar-refractivity contribution in [3.05, 3.63) is 64.4 Å². The third-order valence-corrected chi connectivity index (χ3v) is 4.65. The zero-order valence-electron chi connectivity index (χ0n) is 12.4. The lowest BCUT2D eigenvalue weighted by atomic mass is 10.1. The first-order valence-electron chi connectivity index (χ1n) is 6.64. The molecule has 0 amide bonds. The van der Waals surface area contributed by atoms with Crippen molar-refractivity contribution in [2.75, 3.05) is 6.26 Å². The number of ether oxygens (including phenoxy) is 1. The molecule has 1 atom stereocenters. The van der Waals surface area contributed by atoms with Crippen LogP contribution in [0.2, 0.25) is 5.02 Å². The van der Waals surface area contributed by atoms with Crippen LogP contribution in [0.3, 0.4) is 0 Å². The summed E-state index contributed by atoms with van der Waals surface area (Å²) in [5.74, 6) is -1.14. The van der Waals surface area contributed by atoms with Gasteiger partial charge in [0.1, 0.15) is 11.9 Å². The highest BCUT2D eigenvalue weighted by Crippen LogP contribution is 2.24. The van der Waals surface area contributed by atoms with Gasteiger partial charge in [0.05, 0.1) is 15.5 Å². The fourth-order valence-corrected chi connectivity index (χ4v) is 2.76. The Morgan fingerprint density at radius 2 is 1.78 bits per heavy atom. The molecule has 0 spiro atoms. The summed E-state index contributed by atoms with van der Waals surface area (Å²) in [6, 6.07) is 9.35. The van der Waals surface area contributed by atoms with Gasteiger partial charge in [-0.05, 0) is 42.8 Å². The predicted octanol–water partition coefficient (Wildman–Crippen LogP) is 3.80. The molecule has 122 valence electrons. The molecular formula is C16H14ClFO4S. The van der Waals surface area contributed by atoms with Crippen molar-refractivity contribution in [1.82, 2.24) is 0 Å². The number of hydrogen-bond donors (Lipinski definition) is 0. The Kier molecular flexibility index (Phi) is 5.06. The molecule has 0 aromatic heterocycles. The van der Waals surface area contributed by atoms with Crippen molar-refractivity contribution in [2.24, 2.45) is 0 Å². The van der Waals surface area contributed by atoms with Crippen LogP contribution in [-0.4, -0.2) is 20.6 Å². The van der Waals surface area contributed by atoms with E-state index in [1.165, 1.54) is 42.5 Å². The molecule has 7 heteroatoms. The largest absolute Gasteiger partial charge is 0.454 e. The maximum absolute atomic E-state index is 12.9. The zero-order chi connectivity index (χ0) is 17.2. The van der Waals surface area contributed by atoms with Gasteiger partial charge in [-0.25, -0.2) is 17.6 Å². The molecule has 2 rings (SSSR count). The van der Waals surface area contributed by atoms with E-state index in [-0.39, 0.29) is 15.5 Å². The number of carbonyl (C=O) groups excluding carboxylic acids is 1. The van der Waals surface area contributed by atoms with Gasteiger partial charge in [-0.3, -0.25) is 0 Å². The highest BCUT2D eigenvalue weighted by atomic mass is 35.5. The van der Waals surface area contributed by atoms with Gasteiger partial charge in [0.25, 0.3) is 0 Å². The standard InChI is InChI=1S/C16H14ClFO4S/c1-10(11-3-5-12(18)6-4-11)22-16(19)14-9-13(23(2,20)21)7-8-15(14)17/h3-10H,1-2H3/t10-/m1/s1. The molecule has 2 aromatic carbocycles. The predicted molar refractivity (Wildman–Crippen MR) is 84.8 cm³/mol. The molecule has 0 aliphatic heterocycles. The van der Waals surface area contributed by atoms with Crippen LogP contribution in [0.15, 0.2) is 47.4 Å². The average Bonchev–Trinajstić information content (AvgIpc) is 2.46. The second-order valence-electron chi connectivity index (χ2n) is 5.01. The summed E-state index contributed by atoms with van der Waals surface area (Å²) in [5, 5.41) is 0.0914. The third kappa shape index (κ3) is 4.30. The second kappa shape index (κ2) is 6.68. The molecule has 0 N–H and O–H groups in total. The molecule has 0 bridgehead atoms. The van der Waals surface area contributed by atoms with Crippen LogP contribution in [0.1, 0.15) is 28.9 Å². The Morgan fingerprint density at radius 1 is 1.17 bits per heavy atom. The van der Waals surface area contributed by atoms with Crippen molar-refractivity contribution in [3.8, 4) is 0 Å². The molecule has 2 aromatic rings. The minimum absolute atomic E-state index is 0.0247. The molecule has 4 nitrogen and oxygen atoms in total. The zero-order valence-corrected chi connectivity index (χ0v) is 14.0. The summed E-state index contributed by atoms with van der Waals surface area (Å²) < 4.78 is 41.3. The van der Waals surface area contributed by atoms with E-state index >= 15 is 0 Å². The number of esters is 1. The lowest BCUT2D eigenvalue weighted by molar-refractivity contribution is 0.0337. The third-order valence-electron chi connectivity index (χ3n) is 3.21. The summed E-state index contributed by atoms with van der Waals surface area (Å²) in [7, 11) is -3.47. The van der Waals surface area contributed by atoms with Gasteiger partial charge in [0, 0.05) is 6.26 Å². The minimum atomic E-state index is -3.47. The van der Waals surface area contributed by atoms with E-state index in [4.69, 9.17) is 16.3 Å². The summed E-state index contributed by atoms with van der Waals surface area (Å²) in [4.78, 5) is 12.2. The number of rotatable bonds is 4. The number of hydrogen-bond acceptors (Lipinski definition) is 4. The Labute approximate surface area is 138 Å². The maximum atomic E-state index is 12.9. The Hall–Kier alpha value is -1.92. The molecule has 0 heterocycles. The molecule has 0 saturated heterocycles. The summed E-state index contributed by atoms with van der Waals surface area (Å²) in [6.07, 6.45) is 0.396. The smallest absolute Gasteiger partial charge is 0.340 e. The highest BCUT2D eigenvalue weighted by molar-refractivity contribution is 7.90. The number of halogens is 2. The van der Waals surface area contributed by atoms with E-state index in [0.717, 1.165) is 6.26 Å². The van der Waals surface area contributed by atoms with Crippen LogP contribution >= 0.6 is 11.6 Å². The molecule has 23 heavy (non-hydrogen) atoms. The molecular weight excluding hydrogens is 343 g/mol. The lowest BCUT2D eigenvalue weighted by Gasteiger charge is -2.14. The van der Waals surface area contributed by atoms with Crippen molar-refractivity contribution in [2.45, 2.75) is 17.9 Å². The van der Waals surface area contributed by atoms with Crippen molar-refractivity contribution < 1.29 is 22.3 Å². The van der Waals surface area contributed by atoms with Crippen LogP contribution in [0, 0.1) is 5.82 Å². The van der Waals surface area contributed by atoms with Crippen LogP contribution in [0.5, 0.6) is 0 Å². The average molecular weight is 357 g/mol. The topological polar surface area (TPSA) is 60.4 Å². The Morgan fingerprint density at radius 3 is 2.35 bits per heavy atom. The van der Waals surface area contributed by atoms with E-state index in [0.29, 0.717) is 5.56 Å². The van der Waals surface area contributed by atoms with Crippen molar-refractivity contribution in [1.29, 1.82) is 0 Å². The normalized spacial score (nSPS) is 12.7. The van der Waals surface area contributed by atoms with E-state index in [2.05, 4.69) is 0 Å². The molecule has 0 fully saturated rings. The molecule has 0 radical (unpaired) electrons. The summed E-state index contributed by atoms with van der Waals surface area (Å²) in [5.41, 5.74) is 0.568. The van der Waals surface area contributed by atoms with Gasteiger partial charge in [-0.2, -0.15) is 0 Å². The monoisotopic (exact) mass is 356 g/mol. The van der Waals surface area contributed by atoms with E-state index in [1.807, 2.05) is 0 Å². The van der Waals surface area contributed by atoms with Gasteiger partial charge in [0.2, 0.25) is 0 Å². The van der Waals surface area contributed by atoms with Gasteiger partial charge in [-0.15, -0.1) is 0 Å². The van der Waals surface area contributed by atoms with Crippen LogP contribution < -0.4 is 0 Å². The minimum Gasteiger partial charge on any atom is -0.454 e. The molecule has 0 aliphatic carbocycles. The quantitative estimate of drug-likeness (QED) is 0.782. The highest BCUT2D eigenvalue weighted by Gasteiger charge is 2.19. The van der Waals surface area contributed by atoms with Crippen LogP contribution in [0.4, 0.5) is 4.39 Å². The fourth-order valence-electron chi connectivity index (χ4n) is 1.92. The number of benzene rings is 2. The molecule has 0 saturated carbocycles. The first-order chi connectivity index (χ1) is 10.7. The first kappa shape index (κ1) is 17.4. The van der Waals surface area contributed by atoms with Gasteiger partial charge in [0.15, 0.2) is 9.84 Å². The van der Waals surface area contributed by atoms with Gasteiger partial charge in [-0.1, -0.05) is 23.7 Å².